The van der Waals surface area contributed by atoms with Gasteiger partial charge in [0.15, 0.2) is 6.61 Å². The molecule has 0 bridgehead atoms. The molecule has 0 saturated carbocycles. The third kappa shape index (κ3) is 8.69. The Morgan fingerprint density at radius 2 is 1.71 bits per heavy atom. The Balaban J connectivity index is 2.30. The number of nitrogens with one attached hydrogen (secondary N) is 1. The molecule has 2 rings (SSSR count). The molecule has 8 heteroatoms. The lowest BCUT2D eigenvalue weighted by Crippen LogP contribution is -2.54. The number of carbonyl (C=O) groups excluding carboxylic acids is 2. The van der Waals surface area contributed by atoms with Crippen molar-refractivity contribution >= 4 is 50.9 Å². The van der Waals surface area contributed by atoms with Crippen LogP contribution in [0.2, 0.25) is 10.0 Å². The third-order valence-electron chi connectivity index (χ3n) is 5.39. The van der Waals surface area contributed by atoms with Crippen LogP contribution in [-0.4, -0.2) is 34.9 Å². The van der Waals surface area contributed by atoms with E-state index in [4.69, 9.17) is 27.9 Å². The van der Waals surface area contributed by atoms with Crippen LogP contribution >= 0.6 is 39.1 Å². The van der Waals surface area contributed by atoms with Gasteiger partial charge in [-0.25, -0.2) is 0 Å². The zero-order valence-corrected chi connectivity index (χ0v) is 24.6. The summed E-state index contributed by atoms with van der Waals surface area (Å²) in [6.45, 7) is 13.9. The molecule has 0 aliphatic heterocycles. The summed E-state index contributed by atoms with van der Waals surface area (Å²) in [7, 11) is 0. The van der Waals surface area contributed by atoms with E-state index in [9.17, 15) is 9.59 Å². The van der Waals surface area contributed by atoms with Crippen LogP contribution in [0.5, 0.6) is 5.75 Å². The maximum atomic E-state index is 13.4. The predicted octanol–water partition coefficient (Wildman–Crippen LogP) is 7.15. The van der Waals surface area contributed by atoms with Gasteiger partial charge in [0.25, 0.3) is 5.91 Å². The molecule has 0 aliphatic rings. The highest BCUT2D eigenvalue weighted by Gasteiger charge is 2.31. The van der Waals surface area contributed by atoms with Crippen molar-refractivity contribution in [2.24, 2.45) is 0 Å². The van der Waals surface area contributed by atoms with Gasteiger partial charge >= 0.3 is 0 Å². The molecule has 1 N–H and O–H groups in total. The number of carbonyl (C=O) groups is 2. The summed E-state index contributed by atoms with van der Waals surface area (Å²) in [5, 5.41) is 3.92. The van der Waals surface area contributed by atoms with Crippen molar-refractivity contribution in [3.8, 4) is 5.75 Å². The SMILES string of the molecule is CC[C@@H](C(=O)NC(C)(C)C)N(Cc1ccc(Cl)cc1Cl)C(=O)COc1ccc(C(C)(C)C)cc1Br. The summed E-state index contributed by atoms with van der Waals surface area (Å²) >= 11 is 16.0. The Morgan fingerprint density at radius 1 is 1.06 bits per heavy atom. The van der Waals surface area contributed by atoms with Crippen LogP contribution in [0.3, 0.4) is 0 Å². The van der Waals surface area contributed by atoms with Crippen LogP contribution in [0.25, 0.3) is 0 Å². The van der Waals surface area contributed by atoms with E-state index in [0.29, 0.717) is 27.8 Å². The van der Waals surface area contributed by atoms with Gasteiger partial charge in [-0.1, -0.05) is 63.0 Å². The fraction of sp³-hybridized carbons (Fsp3) is 0.481. The Hall–Kier alpha value is -1.76. The van der Waals surface area contributed by atoms with E-state index in [1.807, 2.05) is 45.9 Å². The van der Waals surface area contributed by atoms with E-state index in [0.717, 1.165) is 10.0 Å². The lowest BCUT2D eigenvalue weighted by atomic mass is 9.87. The number of hydrogen-bond acceptors (Lipinski definition) is 3. The number of amides is 2. The highest BCUT2D eigenvalue weighted by molar-refractivity contribution is 9.10. The maximum Gasteiger partial charge on any atom is 0.261 e. The molecule has 2 aromatic rings. The number of rotatable bonds is 8. The molecule has 0 fully saturated rings. The monoisotopic (exact) mass is 584 g/mol. The minimum atomic E-state index is -0.691. The van der Waals surface area contributed by atoms with Crippen LogP contribution in [0.1, 0.15) is 66.0 Å². The molecule has 35 heavy (non-hydrogen) atoms. The van der Waals surface area contributed by atoms with Crippen molar-refractivity contribution in [2.75, 3.05) is 6.61 Å². The van der Waals surface area contributed by atoms with E-state index in [1.165, 1.54) is 4.90 Å². The molecule has 0 spiro atoms. The van der Waals surface area contributed by atoms with Gasteiger partial charge in [-0.05, 0) is 83.9 Å². The first-order chi connectivity index (χ1) is 16.1. The fourth-order valence-electron chi connectivity index (χ4n) is 3.51. The van der Waals surface area contributed by atoms with Crippen molar-refractivity contribution in [3.05, 3.63) is 62.0 Å². The van der Waals surface area contributed by atoms with Gasteiger partial charge in [0.1, 0.15) is 11.8 Å². The molecular formula is C27H35BrCl2N2O3. The Labute approximate surface area is 227 Å². The molecule has 192 valence electrons. The van der Waals surface area contributed by atoms with Gasteiger partial charge in [0, 0.05) is 22.1 Å². The standard InChI is InChI=1S/C27H35BrCl2N2O3/c1-8-22(25(34)31-27(5,6)7)32(15-17-9-11-19(29)14-21(17)30)24(33)16-35-23-12-10-18(13-20(23)28)26(2,3)4/h9-14,22H,8,15-16H2,1-7H3,(H,31,34)/t22-/m0/s1. The second-order valence-electron chi connectivity index (χ2n) is 10.6. The van der Waals surface area contributed by atoms with Crippen LogP contribution in [0.4, 0.5) is 0 Å². The molecule has 0 heterocycles. The highest BCUT2D eigenvalue weighted by Crippen LogP contribution is 2.32. The molecule has 0 aromatic heterocycles. The topological polar surface area (TPSA) is 58.6 Å². The van der Waals surface area contributed by atoms with Crippen molar-refractivity contribution < 1.29 is 14.3 Å². The lowest BCUT2D eigenvalue weighted by Gasteiger charge is -2.33. The Morgan fingerprint density at radius 3 is 2.23 bits per heavy atom. The number of benzene rings is 2. The van der Waals surface area contributed by atoms with E-state index in [-0.39, 0.29) is 30.4 Å². The number of halogens is 3. The third-order valence-corrected chi connectivity index (χ3v) is 6.60. The summed E-state index contributed by atoms with van der Waals surface area (Å²) in [6, 6.07) is 10.2. The van der Waals surface area contributed by atoms with Crippen molar-refractivity contribution in [1.82, 2.24) is 10.2 Å². The molecule has 5 nitrogen and oxygen atoms in total. The summed E-state index contributed by atoms with van der Waals surface area (Å²) in [5.41, 5.74) is 1.39. The van der Waals surface area contributed by atoms with E-state index in [1.54, 1.807) is 18.2 Å². The first kappa shape index (κ1) is 29.5. The van der Waals surface area contributed by atoms with Crippen LogP contribution in [0.15, 0.2) is 40.9 Å². The quantitative estimate of drug-likeness (QED) is 0.358. The van der Waals surface area contributed by atoms with Crippen LogP contribution in [-0.2, 0) is 21.5 Å². The molecule has 0 aliphatic carbocycles. The van der Waals surface area contributed by atoms with Gasteiger partial charge in [-0.2, -0.15) is 0 Å². The molecular weight excluding hydrogens is 551 g/mol. The zero-order valence-electron chi connectivity index (χ0n) is 21.5. The van der Waals surface area contributed by atoms with Gasteiger partial charge in [-0.15, -0.1) is 0 Å². The van der Waals surface area contributed by atoms with Crippen molar-refractivity contribution in [2.45, 2.75) is 78.4 Å². The Kier molecular flexibility index (Phi) is 10.1. The lowest BCUT2D eigenvalue weighted by molar-refractivity contribution is -0.143. The number of hydrogen-bond donors (Lipinski definition) is 1. The molecule has 1 atom stereocenters. The van der Waals surface area contributed by atoms with Gasteiger partial charge in [0.2, 0.25) is 5.91 Å². The van der Waals surface area contributed by atoms with Gasteiger partial charge < -0.3 is 15.0 Å². The smallest absolute Gasteiger partial charge is 0.261 e. The summed E-state index contributed by atoms with van der Waals surface area (Å²) < 4.78 is 6.65. The fourth-order valence-corrected chi connectivity index (χ4v) is 4.47. The summed E-state index contributed by atoms with van der Waals surface area (Å²) in [6.07, 6.45) is 0.433. The first-order valence-electron chi connectivity index (χ1n) is 11.6. The predicted molar refractivity (Wildman–Crippen MR) is 147 cm³/mol. The molecule has 2 amide bonds. The average Bonchev–Trinajstić information content (AvgIpc) is 2.72. The summed E-state index contributed by atoms with van der Waals surface area (Å²) in [4.78, 5) is 28.1. The second kappa shape index (κ2) is 12.0. The molecule has 2 aromatic carbocycles. The van der Waals surface area contributed by atoms with Crippen molar-refractivity contribution in [3.63, 3.8) is 0 Å². The molecule has 0 saturated heterocycles. The van der Waals surface area contributed by atoms with Gasteiger partial charge in [-0.3, -0.25) is 9.59 Å². The van der Waals surface area contributed by atoms with E-state index in [2.05, 4.69) is 42.0 Å². The molecule has 0 radical (unpaired) electrons. The minimum Gasteiger partial charge on any atom is -0.483 e. The zero-order chi connectivity index (χ0) is 26.6. The number of nitrogens with zero attached hydrogens (tertiary/aromatic N) is 1. The van der Waals surface area contributed by atoms with E-state index < -0.39 is 11.6 Å². The normalized spacial score (nSPS) is 12.7. The highest BCUT2D eigenvalue weighted by atomic mass is 79.9. The van der Waals surface area contributed by atoms with Crippen LogP contribution < -0.4 is 10.1 Å². The summed E-state index contributed by atoms with van der Waals surface area (Å²) in [5.74, 6) is 0.0101. The van der Waals surface area contributed by atoms with Gasteiger partial charge in [0.05, 0.1) is 4.47 Å². The number of ether oxygens (including phenoxy) is 1. The average molecular weight is 586 g/mol. The Bertz CT molecular complexity index is 1060. The first-order valence-corrected chi connectivity index (χ1v) is 13.2. The second-order valence-corrected chi connectivity index (χ2v) is 12.3. The minimum absolute atomic E-state index is 0.0136. The maximum absolute atomic E-state index is 13.4. The largest absolute Gasteiger partial charge is 0.483 e. The van der Waals surface area contributed by atoms with Crippen molar-refractivity contribution in [1.29, 1.82) is 0 Å². The van der Waals surface area contributed by atoms with Crippen LogP contribution in [0, 0.1) is 0 Å². The molecule has 0 unspecified atom stereocenters. The van der Waals surface area contributed by atoms with E-state index >= 15 is 0 Å².